The monoisotopic (exact) mass is 362 g/mol. The Morgan fingerprint density at radius 1 is 1.28 bits per heavy atom. The van der Waals surface area contributed by atoms with Crippen LogP contribution in [0.3, 0.4) is 0 Å². The Kier molecular flexibility index (Phi) is 4.85. The van der Waals surface area contributed by atoms with E-state index in [1.165, 1.54) is 0 Å². The summed E-state index contributed by atoms with van der Waals surface area (Å²) in [4.78, 5) is 24.0. The zero-order chi connectivity index (χ0) is 18.0. The first-order chi connectivity index (χ1) is 11.9. The topological polar surface area (TPSA) is 69.6 Å². The molecule has 6 nitrogen and oxygen atoms in total. The minimum Gasteiger partial charge on any atom is -0.486 e. The van der Waals surface area contributed by atoms with Gasteiger partial charge in [0.05, 0.1) is 5.54 Å². The van der Waals surface area contributed by atoms with Crippen LogP contribution >= 0.6 is 11.3 Å². The van der Waals surface area contributed by atoms with Gasteiger partial charge in [0, 0.05) is 24.0 Å². The molecule has 7 heteroatoms. The van der Waals surface area contributed by atoms with Crippen LogP contribution in [0.25, 0.3) is 0 Å². The summed E-state index contributed by atoms with van der Waals surface area (Å²) in [6.07, 6.45) is 0.255. The van der Waals surface area contributed by atoms with Crippen molar-refractivity contribution in [1.82, 2.24) is 9.88 Å². The fourth-order valence-electron chi connectivity index (χ4n) is 2.80. The van der Waals surface area contributed by atoms with E-state index >= 15 is 0 Å². The Morgan fingerprint density at radius 2 is 2.00 bits per heavy atom. The van der Waals surface area contributed by atoms with E-state index in [4.69, 9.17) is 9.47 Å². The van der Waals surface area contributed by atoms with Crippen molar-refractivity contribution >= 4 is 17.2 Å². The molecule has 2 heterocycles. The molecular formula is C18H22N2O4S. The van der Waals surface area contributed by atoms with Gasteiger partial charge in [-0.3, -0.25) is 9.59 Å². The van der Waals surface area contributed by atoms with Crippen LogP contribution in [0.1, 0.15) is 31.5 Å². The van der Waals surface area contributed by atoms with Crippen LogP contribution in [0.15, 0.2) is 28.4 Å². The molecule has 1 amide bonds. The largest absolute Gasteiger partial charge is 0.486 e. The van der Waals surface area contributed by atoms with Crippen molar-refractivity contribution in [2.45, 2.75) is 39.3 Å². The normalized spacial score (nSPS) is 13.6. The van der Waals surface area contributed by atoms with Crippen molar-refractivity contribution in [2.24, 2.45) is 0 Å². The van der Waals surface area contributed by atoms with Gasteiger partial charge >= 0.3 is 4.87 Å². The number of fused-ring (bicyclic) bond motifs is 1. The maximum absolute atomic E-state index is 12.4. The number of nitrogens with one attached hydrogen (secondary N) is 1. The Balaban J connectivity index is 1.66. The van der Waals surface area contributed by atoms with Crippen LogP contribution in [-0.2, 0) is 16.9 Å². The molecule has 0 fully saturated rings. The molecule has 0 saturated carbocycles. The van der Waals surface area contributed by atoms with Crippen molar-refractivity contribution in [3.63, 3.8) is 0 Å². The lowest BCUT2D eigenvalue weighted by Gasteiger charge is -2.29. The van der Waals surface area contributed by atoms with Crippen molar-refractivity contribution in [3.05, 3.63) is 44.5 Å². The summed E-state index contributed by atoms with van der Waals surface area (Å²) in [5, 5.41) is 4.84. The molecule has 0 saturated heterocycles. The molecule has 1 aromatic heterocycles. The molecule has 3 rings (SSSR count). The van der Waals surface area contributed by atoms with Crippen molar-refractivity contribution in [1.29, 1.82) is 0 Å². The Labute approximate surface area is 150 Å². The predicted octanol–water partition coefficient (Wildman–Crippen LogP) is 2.43. The van der Waals surface area contributed by atoms with Crippen molar-refractivity contribution < 1.29 is 14.3 Å². The highest BCUT2D eigenvalue weighted by molar-refractivity contribution is 7.07. The number of hydrogen-bond donors (Lipinski definition) is 1. The Hall–Kier alpha value is -2.28. The first-order valence-electron chi connectivity index (χ1n) is 8.23. The minimum atomic E-state index is -0.554. The molecule has 0 spiro atoms. The number of hydrogen-bond acceptors (Lipinski definition) is 5. The number of amides is 1. The second-order valence-corrected chi connectivity index (χ2v) is 7.40. The maximum Gasteiger partial charge on any atom is 0.307 e. The Bertz CT molecular complexity index is 838. The van der Waals surface area contributed by atoms with E-state index in [1.54, 1.807) is 9.95 Å². The summed E-state index contributed by atoms with van der Waals surface area (Å²) in [5.41, 5.74) is 1.27. The van der Waals surface area contributed by atoms with E-state index in [2.05, 4.69) is 5.32 Å². The number of thiazole rings is 1. The van der Waals surface area contributed by atoms with Crippen LogP contribution in [0, 0.1) is 6.92 Å². The smallest absolute Gasteiger partial charge is 0.307 e. The lowest BCUT2D eigenvalue weighted by molar-refractivity contribution is -0.123. The third-order valence-electron chi connectivity index (χ3n) is 4.25. The van der Waals surface area contributed by atoms with E-state index < -0.39 is 5.54 Å². The molecule has 0 atom stereocenters. The maximum atomic E-state index is 12.4. The van der Waals surface area contributed by atoms with Crippen LogP contribution in [0.2, 0.25) is 0 Å². The number of nitrogens with zero attached hydrogens (tertiary/aromatic N) is 1. The van der Waals surface area contributed by atoms with Crippen molar-refractivity contribution in [3.8, 4) is 11.5 Å². The summed E-state index contributed by atoms with van der Waals surface area (Å²) >= 11 is 1.16. The van der Waals surface area contributed by atoms with Gasteiger partial charge in [-0.05, 0) is 38.5 Å². The molecule has 0 bridgehead atoms. The zero-order valence-corrected chi connectivity index (χ0v) is 15.4. The zero-order valence-electron chi connectivity index (χ0n) is 14.6. The number of rotatable bonds is 5. The summed E-state index contributed by atoms with van der Waals surface area (Å²) < 4.78 is 12.8. The lowest BCUT2D eigenvalue weighted by atomic mass is 9.93. The van der Waals surface area contributed by atoms with E-state index in [0.29, 0.717) is 25.5 Å². The molecule has 1 aromatic carbocycles. The number of carbonyl (C=O) groups is 1. The fourth-order valence-corrected chi connectivity index (χ4v) is 3.56. The summed E-state index contributed by atoms with van der Waals surface area (Å²) in [5.74, 6) is 1.33. The van der Waals surface area contributed by atoms with Gasteiger partial charge in [-0.15, -0.1) is 0 Å². The standard InChI is InChI=1S/C18H22N2O4S/c1-12-11-25-17(22)20(12)7-6-16(21)19-18(2,3)13-4-5-14-15(10-13)24-9-8-23-14/h4-5,10-11H,6-9H2,1-3H3,(H,19,21). The molecule has 25 heavy (non-hydrogen) atoms. The molecule has 0 radical (unpaired) electrons. The van der Waals surface area contributed by atoms with Crippen LogP contribution in [-0.4, -0.2) is 23.7 Å². The molecule has 2 aromatic rings. The third kappa shape index (κ3) is 3.87. The van der Waals surface area contributed by atoms with Gasteiger partial charge in [0.15, 0.2) is 11.5 Å². The Morgan fingerprint density at radius 3 is 2.68 bits per heavy atom. The SMILES string of the molecule is Cc1csc(=O)n1CCC(=O)NC(C)(C)c1ccc2c(c1)OCCO2. The van der Waals surface area contributed by atoms with Gasteiger partial charge in [0.2, 0.25) is 5.91 Å². The summed E-state index contributed by atoms with van der Waals surface area (Å²) in [7, 11) is 0. The third-order valence-corrected chi connectivity index (χ3v) is 5.14. The van der Waals surface area contributed by atoms with Crippen LogP contribution in [0.4, 0.5) is 0 Å². The quantitative estimate of drug-likeness (QED) is 0.887. The molecule has 1 N–H and O–H groups in total. The van der Waals surface area contributed by atoms with Gasteiger partial charge < -0.3 is 19.4 Å². The number of carbonyl (C=O) groups excluding carboxylic acids is 1. The number of ether oxygens (including phenoxy) is 2. The fraction of sp³-hybridized carbons (Fsp3) is 0.444. The highest BCUT2D eigenvalue weighted by Crippen LogP contribution is 2.34. The van der Waals surface area contributed by atoms with Crippen LogP contribution < -0.4 is 19.7 Å². The van der Waals surface area contributed by atoms with Crippen LogP contribution in [0.5, 0.6) is 11.5 Å². The molecule has 0 unspecified atom stereocenters. The van der Waals surface area contributed by atoms with Crippen molar-refractivity contribution in [2.75, 3.05) is 13.2 Å². The average molecular weight is 362 g/mol. The summed E-state index contributed by atoms with van der Waals surface area (Å²) in [6.45, 7) is 7.22. The second kappa shape index (κ2) is 6.92. The number of aryl methyl sites for hydroxylation is 1. The van der Waals surface area contributed by atoms with Gasteiger partial charge in [-0.2, -0.15) is 0 Å². The van der Waals surface area contributed by atoms with Gasteiger partial charge in [0.25, 0.3) is 0 Å². The lowest BCUT2D eigenvalue weighted by Crippen LogP contribution is -2.41. The molecule has 1 aliphatic rings. The van der Waals surface area contributed by atoms with E-state index in [9.17, 15) is 9.59 Å². The number of benzene rings is 1. The van der Waals surface area contributed by atoms with E-state index in [0.717, 1.165) is 28.3 Å². The van der Waals surface area contributed by atoms with Gasteiger partial charge in [-0.25, -0.2) is 0 Å². The average Bonchev–Trinajstić information content (AvgIpc) is 2.90. The highest BCUT2D eigenvalue weighted by atomic mass is 32.1. The van der Waals surface area contributed by atoms with Gasteiger partial charge in [0.1, 0.15) is 13.2 Å². The minimum absolute atomic E-state index is 0.0311. The predicted molar refractivity (Wildman–Crippen MR) is 96.5 cm³/mol. The first-order valence-corrected chi connectivity index (χ1v) is 9.11. The molecule has 0 aliphatic carbocycles. The molecular weight excluding hydrogens is 340 g/mol. The highest BCUT2D eigenvalue weighted by Gasteiger charge is 2.25. The van der Waals surface area contributed by atoms with E-state index in [1.807, 2.05) is 39.0 Å². The molecule has 134 valence electrons. The first kappa shape index (κ1) is 17.5. The van der Waals surface area contributed by atoms with Gasteiger partial charge in [-0.1, -0.05) is 17.4 Å². The summed E-state index contributed by atoms with van der Waals surface area (Å²) in [6, 6.07) is 5.70. The molecule has 1 aliphatic heterocycles. The second-order valence-electron chi connectivity index (χ2n) is 6.58. The number of aromatic nitrogens is 1. The van der Waals surface area contributed by atoms with E-state index in [-0.39, 0.29) is 17.2 Å².